The van der Waals surface area contributed by atoms with E-state index in [2.05, 4.69) is 0 Å². The second-order valence-electron chi connectivity index (χ2n) is 4.47. The molecule has 1 aromatic carbocycles. The van der Waals surface area contributed by atoms with Crippen LogP contribution in [0.25, 0.3) is 0 Å². The van der Waals surface area contributed by atoms with E-state index in [9.17, 15) is 22.8 Å². The van der Waals surface area contributed by atoms with E-state index in [-0.39, 0.29) is 18.1 Å². The number of hydrogen-bond acceptors (Lipinski definition) is 2. The minimum absolute atomic E-state index is 0.186. The quantitative estimate of drug-likeness (QED) is 0.736. The summed E-state index contributed by atoms with van der Waals surface area (Å²) in [5, 5.41) is 0. The number of anilines is 1. The van der Waals surface area contributed by atoms with Crippen molar-refractivity contribution in [2.45, 2.75) is 25.4 Å². The summed E-state index contributed by atoms with van der Waals surface area (Å²) < 4.78 is 38.1. The molecule has 0 aliphatic carbocycles. The molecule has 0 saturated heterocycles. The third-order valence-electron chi connectivity index (χ3n) is 3.26. The van der Waals surface area contributed by atoms with Gasteiger partial charge in [-0.3, -0.25) is 4.79 Å². The molecule has 1 amide bonds. The summed E-state index contributed by atoms with van der Waals surface area (Å²) in [6.07, 6.45) is -3.32. The monoisotopic (exact) mass is 271 g/mol. The number of amides is 1. The largest absolute Gasteiger partial charge is 0.416 e. The molecular weight excluding hydrogens is 259 g/mol. The van der Waals surface area contributed by atoms with Gasteiger partial charge in [0.1, 0.15) is 6.29 Å². The molecule has 2 rings (SSSR count). The third-order valence-corrected chi connectivity index (χ3v) is 3.26. The number of carbonyl (C=O) groups excluding carboxylic acids is 2. The molecule has 0 bridgehead atoms. The Morgan fingerprint density at radius 1 is 1.42 bits per heavy atom. The molecule has 0 N–H and O–H groups in total. The van der Waals surface area contributed by atoms with Gasteiger partial charge in [-0.05, 0) is 24.1 Å². The second-order valence-corrected chi connectivity index (χ2v) is 4.47. The molecule has 0 aromatic heterocycles. The van der Waals surface area contributed by atoms with Crippen molar-refractivity contribution in [2.75, 3.05) is 11.4 Å². The highest BCUT2D eigenvalue weighted by Gasteiger charge is 2.34. The zero-order valence-electron chi connectivity index (χ0n) is 10.2. The van der Waals surface area contributed by atoms with Crippen LogP contribution in [0.5, 0.6) is 0 Å². The van der Waals surface area contributed by atoms with Crippen molar-refractivity contribution < 1.29 is 22.8 Å². The van der Waals surface area contributed by atoms with E-state index in [4.69, 9.17) is 0 Å². The van der Waals surface area contributed by atoms with Gasteiger partial charge in [-0.25, -0.2) is 0 Å². The lowest BCUT2D eigenvalue weighted by Crippen LogP contribution is -2.35. The van der Waals surface area contributed by atoms with Gasteiger partial charge in [-0.2, -0.15) is 13.2 Å². The summed E-state index contributed by atoms with van der Waals surface area (Å²) in [6.45, 7) is 1.55. The Morgan fingerprint density at radius 2 is 2.11 bits per heavy atom. The van der Waals surface area contributed by atoms with Gasteiger partial charge in [-0.1, -0.05) is 6.07 Å². The highest BCUT2D eigenvalue weighted by Crippen LogP contribution is 2.39. The first-order valence-electron chi connectivity index (χ1n) is 5.79. The number of hydrogen-bond donors (Lipinski definition) is 0. The van der Waals surface area contributed by atoms with Gasteiger partial charge in [0.2, 0.25) is 5.91 Å². The molecule has 102 valence electrons. The smallest absolute Gasteiger partial charge is 0.312 e. The minimum Gasteiger partial charge on any atom is -0.312 e. The lowest BCUT2D eigenvalue weighted by atomic mass is 9.90. The number of fused-ring (bicyclic) bond motifs is 1. The van der Waals surface area contributed by atoms with Crippen LogP contribution in [0.3, 0.4) is 0 Å². The summed E-state index contributed by atoms with van der Waals surface area (Å²) in [7, 11) is 0. The van der Waals surface area contributed by atoms with Crippen LogP contribution in [-0.2, 0) is 15.8 Å². The molecular formula is C13H12F3NO2. The Kier molecular flexibility index (Phi) is 3.34. The van der Waals surface area contributed by atoms with Crippen molar-refractivity contribution in [3.05, 3.63) is 29.3 Å². The van der Waals surface area contributed by atoms with Gasteiger partial charge in [-0.15, -0.1) is 0 Å². The topological polar surface area (TPSA) is 37.4 Å². The van der Waals surface area contributed by atoms with Crippen LogP contribution < -0.4 is 4.90 Å². The normalized spacial score (nSPS) is 18.9. The van der Waals surface area contributed by atoms with Crippen molar-refractivity contribution in [2.24, 2.45) is 0 Å². The fourth-order valence-electron chi connectivity index (χ4n) is 2.28. The van der Waals surface area contributed by atoms with Crippen LogP contribution in [0.1, 0.15) is 30.4 Å². The number of benzene rings is 1. The van der Waals surface area contributed by atoms with Crippen molar-refractivity contribution in [1.29, 1.82) is 0 Å². The molecule has 1 unspecified atom stereocenters. The van der Waals surface area contributed by atoms with E-state index in [0.29, 0.717) is 18.3 Å². The van der Waals surface area contributed by atoms with E-state index in [0.717, 1.165) is 12.1 Å². The van der Waals surface area contributed by atoms with Crippen molar-refractivity contribution in [1.82, 2.24) is 0 Å². The molecule has 0 saturated carbocycles. The van der Waals surface area contributed by atoms with Crippen LogP contribution in [-0.4, -0.2) is 18.7 Å². The molecule has 1 atom stereocenters. The lowest BCUT2D eigenvalue weighted by molar-refractivity contribution is -0.137. The van der Waals surface area contributed by atoms with Gasteiger partial charge in [0.25, 0.3) is 0 Å². The SMILES string of the molecule is CC(=O)N1CCC(C=O)c2ccc(C(F)(F)F)cc21. The van der Waals surface area contributed by atoms with Crippen molar-refractivity contribution in [3.63, 3.8) is 0 Å². The van der Waals surface area contributed by atoms with Gasteiger partial charge in [0.05, 0.1) is 5.56 Å². The van der Waals surface area contributed by atoms with Gasteiger partial charge in [0, 0.05) is 25.1 Å². The van der Waals surface area contributed by atoms with Gasteiger partial charge in [0.15, 0.2) is 0 Å². The Bertz CT molecular complexity index is 525. The van der Waals surface area contributed by atoms with E-state index in [1.807, 2.05) is 0 Å². The lowest BCUT2D eigenvalue weighted by Gasteiger charge is -2.32. The molecule has 6 heteroatoms. The molecule has 0 fully saturated rings. The summed E-state index contributed by atoms with van der Waals surface area (Å²) in [5.74, 6) is -0.780. The molecule has 1 heterocycles. The molecule has 1 aliphatic heterocycles. The van der Waals surface area contributed by atoms with Crippen molar-refractivity contribution in [3.8, 4) is 0 Å². The van der Waals surface area contributed by atoms with Crippen molar-refractivity contribution >= 4 is 17.9 Å². The first kappa shape index (κ1) is 13.6. The van der Waals surface area contributed by atoms with Gasteiger partial charge >= 0.3 is 6.18 Å². The first-order chi connectivity index (χ1) is 8.84. The number of alkyl halides is 3. The predicted molar refractivity (Wildman–Crippen MR) is 62.9 cm³/mol. The minimum atomic E-state index is -4.47. The van der Waals surface area contributed by atoms with Crippen LogP contribution in [0, 0.1) is 0 Å². The van der Waals surface area contributed by atoms with Gasteiger partial charge < -0.3 is 9.69 Å². The Morgan fingerprint density at radius 3 is 2.63 bits per heavy atom. The standard InChI is InChI=1S/C13H12F3NO2/c1-8(19)17-5-4-9(7-18)11-3-2-10(6-12(11)17)13(14,15)16/h2-3,6-7,9H,4-5H2,1H3. The molecule has 0 radical (unpaired) electrons. The van der Waals surface area contributed by atoms with E-state index in [1.54, 1.807) is 0 Å². The highest BCUT2D eigenvalue weighted by atomic mass is 19.4. The molecule has 0 spiro atoms. The summed E-state index contributed by atoms with van der Waals surface area (Å²) >= 11 is 0. The first-order valence-corrected chi connectivity index (χ1v) is 5.79. The fraction of sp³-hybridized carbons (Fsp3) is 0.385. The van der Waals surface area contributed by atoms with Crippen LogP contribution in [0.2, 0.25) is 0 Å². The fourth-order valence-corrected chi connectivity index (χ4v) is 2.28. The maximum absolute atomic E-state index is 12.7. The maximum atomic E-state index is 12.7. The number of aldehydes is 1. The van der Waals surface area contributed by atoms with E-state index in [1.165, 1.54) is 17.9 Å². The highest BCUT2D eigenvalue weighted by molar-refractivity contribution is 5.94. The Hall–Kier alpha value is -1.85. The molecule has 3 nitrogen and oxygen atoms in total. The zero-order valence-corrected chi connectivity index (χ0v) is 10.2. The average Bonchev–Trinajstić information content (AvgIpc) is 2.35. The number of rotatable bonds is 1. The summed E-state index contributed by atoms with van der Waals surface area (Å²) in [6, 6.07) is 3.16. The van der Waals surface area contributed by atoms with Crippen LogP contribution >= 0.6 is 0 Å². The van der Waals surface area contributed by atoms with Crippen LogP contribution in [0.4, 0.5) is 18.9 Å². The van der Waals surface area contributed by atoms with E-state index >= 15 is 0 Å². The molecule has 1 aromatic rings. The predicted octanol–water partition coefficient (Wildman–Crippen LogP) is 2.74. The third kappa shape index (κ3) is 2.47. The Labute approximate surface area is 108 Å². The summed E-state index contributed by atoms with van der Waals surface area (Å²) in [4.78, 5) is 23.7. The Balaban J connectivity index is 2.56. The molecule has 1 aliphatic rings. The number of nitrogens with zero attached hydrogens (tertiary/aromatic N) is 1. The van der Waals surface area contributed by atoms with E-state index < -0.39 is 17.7 Å². The summed E-state index contributed by atoms with van der Waals surface area (Å²) in [5.41, 5.74) is -0.154. The second kappa shape index (κ2) is 4.68. The average molecular weight is 271 g/mol. The number of halogens is 3. The zero-order chi connectivity index (χ0) is 14.2. The maximum Gasteiger partial charge on any atom is 0.416 e. The molecule has 19 heavy (non-hydrogen) atoms. The van der Waals surface area contributed by atoms with Crippen LogP contribution in [0.15, 0.2) is 18.2 Å². The number of carbonyl (C=O) groups is 2.